The lowest BCUT2D eigenvalue weighted by Crippen LogP contribution is -2.41. The summed E-state index contributed by atoms with van der Waals surface area (Å²) in [6.45, 7) is 1.92. The number of aliphatic hydroxyl groups excluding tert-OH is 1. The van der Waals surface area contributed by atoms with Crippen molar-refractivity contribution in [3.05, 3.63) is 24.0 Å². The molecule has 1 aromatic heterocycles. The van der Waals surface area contributed by atoms with Crippen molar-refractivity contribution in [3.63, 3.8) is 0 Å². The molecule has 0 radical (unpaired) electrons. The number of piperidine rings is 1. The molecule has 0 saturated carbocycles. The van der Waals surface area contributed by atoms with Gasteiger partial charge in [0.2, 0.25) is 0 Å². The van der Waals surface area contributed by atoms with E-state index in [-0.39, 0.29) is 11.9 Å². The maximum Gasteiger partial charge on any atom is 0.192 e. The summed E-state index contributed by atoms with van der Waals surface area (Å²) in [5, 5.41) is 9.46. The number of likely N-dealkylation sites (tertiary alicyclic amines) is 1. The van der Waals surface area contributed by atoms with E-state index in [0.717, 1.165) is 19.4 Å². The van der Waals surface area contributed by atoms with Crippen LogP contribution in [0.25, 0.3) is 0 Å². The van der Waals surface area contributed by atoms with Crippen molar-refractivity contribution in [2.45, 2.75) is 18.9 Å². The van der Waals surface area contributed by atoms with E-state index in [1.807, 2.05) is 11.0 Å². The minimum absolute atomic E-state index is 0.0918. The highest BCUT2D eigenvalue weighted by Gasteiger charge is 2.20. The standard InChI is InChI=1S/C11H16N2O2/c14-9-3-2-6-13(7-9)8-11(15)10-4-1-5-12-10/h1,4-5,9,12,14H,2-3,6-8H2/t9-/m0/s1. The van der Waals surface area contributed by atoms with Crippen molar-refractivity contribution in [2.24, 2.45) is 0 Å². The fourth-order valence-electron chi connectivity index (χ4n) is 1.97. The Kier molecular flexibility index (Phi) is 3.18. The number of β-amino-alcohol motifs (C(OH)–C–C–N with tert-alkyl or cyclic N) is 1. The summed E-state index contributed by atoms with van der Waals surface area (Å²) in [6, 6.07) is 3.60. The van der Waals surface area contributed by atoms with Crippen LogP contribution in [0.4, 0.5) is 0 Å². The van der Waals surface area contributed by atoms with Crippen LogP contribution in [0.5, 0.6) is 0 Å². The van der Waals surface area contributed by atoms with Gasteiger partial charge in [0.15, 0.2) is 5.78 Å². The molecule has 0 amide bonds. The summed E-state index contributed by atoms with van der Waals surface area (Å²) < 4.78 is 0. The van der Waals surface area contributed by atoms with Gasteiger partial charge in [0, 0.05) is 12.7 Å². The molecule has 0 unspecified atom stereocenters. The van der Waals surface area contributed by atoms with Crippen LogP contribution in [0.1, 0.15) is 23.3 Å². The summed E-state index contributed by atoms with van der Waals surface area (Å²) in [7, 11) is 0. The van der Waals surface area contributed by atoms with Gasteiger partial charge in [-0.25, -0.2) is 0 Å². The Morgan fingerprint density at radius 1 is 1.67 bits per heavy atom. The van der Waals surface area contributed by atoms with Crippen molar-refractivity contribution in [3.8, 4) is 0 Å². The first kappa shape index (κ1) is 10.4. The molecular weight excluding hydrogens is 192 g/mol. The van der Waals surface area contributed by atoms with Gasteiger partial charge in [-0.05, 0) is 31.5 Å². The zero-order chi connectivity index (χ0) is 10.7. The Bertz CT molecular complexity index is 321. The van der Waals surface area contributed by atoms with E-state index in [1.165, 1.54) is 0 Å². The molecule has 1 aromatic rings. The van der Waals surface area contributed by atoms with Crippen LogP contribution >= 0.6 is 0 Å². The van der Waals surface area contributed by atoms with Gasteiger partial charge >= 0.3 is 0 Å². The van der Waals surface area contributed by atoms with Crippen molar-refractivity contribution < 1.29 is 9.90 Å². The molecule has 1 aliphatic heterocycles. The summed E-state index contributed by atoms with van der Waals surface area (Å²) in [6.07, 6.45) is 3.31. The van der Waals surface area contributed by atoms with Gasteiger partial charge in [0.05, 0.1) is 18.3 Å². The van der Waals surface area contributed by atoms with E-state index in [2.05, 4.69) is 4.98 Å². The minimum Gasteiger partial charge on any atom is -0.392 e. The minimum atomic E-state index is -0.268. The first-order valence-corrected chi connectivity index (χ1v) is 5.33. The summed E-state index contributed by atoms with van der Waals surface area (Å²) >= 11 is 0. The molecule has 1 aliphatic rings. The number of Topliss-reactive ketones (excluding diaryl/α,β-unsaturated/α-hetero) is 1. The second kappa shape index (κ2) is 4.59. The van der Waals surface area contributed by atoms with Crippen LogP contribution in [0.2, 0.25) is 0 Å². The van der Waals surface area contributed by atoms with Crippen LogP contribution in [0.15, 0.2) is 18.3 Å². The lowest BCUT2D eigenvalue weighted by atomic mass is 10.1. The fourth-order valence-corrected chi connectivity index (χ4v) is 1.97. The lowest BCUT2D eigenvalue weighted by molar-refractivity contribution is 0.0632. The van der Waals surface area contributed by atoms with E-state index in [1.54, 1.807) is 12.3 Å². The highest BCUT2D eigenvalue weighted by molar-refractivity contribution is 5.95. The fraction of sp³-hybridized carbons (Fsp3) is 0.545. The maximum atomic E-state index is 11.7. The van der Waals surface area contributed by atoms with E-state index in [9.17, 15) is 9.90 Å². The van der Waals surface area contributed by atoms with Gasteiger partial charge in [-0.15, -0.1) is 0 Å². The predicted octanol–water partition coefficient (Wildman–Crippen LogP) is 0.654. The predicted molar refractivity (Wildman–Crippen MR) is 56.8 cm³/mol. The van der Waals surface area contributed by atoms with Gasteiger partial charge in [0.1, 0.15) is 0 Å². The van der Waals surface area contributed by atoms with Gasteiger partial charge in [-0.3, -0.25) is 9.69 Å². The molecule has 1 saturated heterocycles. The van der Waals surface area contributed by atoms with E-state index in [0.29, 0.717) is 18.8 Å². The average molecular weight is 208 g/mol. The van der Waals surface area contributed by atoms with Crippen LogP contribution in [0.3, 0.4) is 0 Å². The Morgan fingerprint density at radius 3 is 3.20 bits per heavy atom. The van der Waals surface area contributed by atoms with E-state index < -0.39 is 0 Å². The number of ketones is 1. The molecule has 4 heteroatoms. The third kappa shape index (κ3) is 2.67. The Labute approximate surface area is 88.9 Å². The average Bonchev–Trinajstić information content (AvgIpc) is 2.70. The number of carbonyl (C=O) groups excluding carboxylic acids is 1. The molecule has 2 rings (SSSR count). The molecule has 2 N–H and O–H groups in total. The highest BCUT2D eigenvalue weighted by Crippen LogP contribution is 2.10. The van der Waals surface area contributed by atoms with Crippen molar-refractivity contribution in [1.82, 2.24) is 9.88 Å². The number of nitrogens with one attached hydrogen (secondary N) is 1. The Morgan fingerprint density at radius 2 is 2.53 bits per heavy atom. The zero-order valence-corrected chi connectivity index (χ0v) is 8.65. The topological polar surface area (TPSA) is 56.3 Å². The summed E-state index contributed by atoms with van der Waals surface area (Å²) in [4.78, 5) is 16.6. The van der Waals surface area contributed by atoms with Gasteiger partial charge < -0.3 is 10.1 Å². The Balaban J connectivity index is 1.89. The lowest BCUT2D eigenvalue weighted by Gasteiger charge is -2.29. The van der Waals surface area contributed by atoms with Gasteiger partial charge in [-0.2, -0.15) is 0 Å². The molecule has 0 aromatic carbocycles. The monoisotopic (exact) mass is 208 g/mol. The number of hydrogen-bond donors (Lipinski definition) is 2. The number of aliphatic hydroxyl groups is 1. The molecule has 82 valence electrons. The number of nitrogens with zero attached hydrogens (tertiary/aromatic N) is 1. The molecule has 1 fully saturated rings. The molecule has 0 bridgehead atoms. The van der Waals surface area contributed by atoms with Gasteiger partial charge in [-0.1, -0.05) is 0 Å². The summed E-state index contributed by atoms with van der Waals surface area (Å²) in [5.74, 6) is 0.0918. The van der Waals surface area contributed by atoms with Gasteiger partial charge in [0.25, 0.3) is 0 Å². The molecular formula is C11H16N2O2. The molecule has 0 spiro atoms. The third-order valence-electron chi connectivity index (χ3n) is 2.75. The highest BCUT2D eigenvalue weighted by atomic mass is 16.3. The quantitative estimate of drug-likeness (QED) is 0.717. The Hall–Kier alpha value is -1.13. The van der Waals surface area contributed by atoms with Crippen LogP contribution in [-0.4, -0.2) is 46.5 Å². The second-order valence-electron chi connectivity index (χ2n) is 4.04. The van der Waals surface area contributed by atoms with Crippen LogP contribution < -0.4 is 0 Å². The largest absolute Gasteiger partial charge is 0.392 e. The maximum absolute atomic E-state index is 11.7. The third-order valence-corrected chi connectivity index (χ3v) is 2.75. The van der Waals surface area contributed by atoms with Crippen LogP contribution in [0, 0.1) is 0 Å². The molecule has 1 atom stereocenters. The molecule has 15 heavy (non-hydrogen) atoms. The van der Waals surface area contributed by atoms with E-state index in [4.69, 9.17) is 0 Å². The number of rotatable bonds is 3. The summed E-state index contributed by atoms with van der Waals surface area (Å²) in [5.41, 5.74) is 0.648. The molecule has 2 heterocycles. The smallest absolute Gasteiger partial charge is 0.192 e. The number of aromatic nitrogens is 1. The first-order valence-electron chi connectivity index (χ1n) is 5.33. The normalized spacial score (nSPS) is 22.9. The molecule has 4 nitrogen and oxygen atoms in total. The number of H-pyrrole nitrogens is 1. The van der Waals surface area contributed by atoms with Crippen molar-refractivity contribution in [1.29, 1.82) is 0 Å². The van der Waals surface area contributed by atoms with E-state index >= 15 is 0 Å². The number of aromatic amines is 1. The number of hydrogen-bond acceptors (Lipinski definition) is 3. The second-order valence-corrected chi connectivity index (χ2v) is 4.04. The first-order chi connectivity index (χ1) is 7.25. The van der Waals surface area contributed by atoms with Crippen LogP contribution in [-0.2, 0) is 0 Å². The van der Waals surface area contributed by atoms with Crippen molar-refractivity contribution in [2.75, 3.05) is 19.6 Å². The zero-order valence-electron chi connectivity index (χ0n) is 8.65. The molecule has 0 aliphatic carbocycles. The SMILES string of the molecule is O=C(CN1CCC[C@H](O)C1)c1ccc[nH]1. The van der Waals surface area contributed by atoms with Crippen molar-refractivity contribution >= 4 is 5.78 Å². The number of carbonyl (C=O) groups is 1.